The third kappa shape index (κ3) is 2.11. The molecule has 0 radical (unpaired) electrons. The van der Waals surface area contributed by atoms with Crippen LogP contribution in [0.15, 0.2) is 35.4 Å². The van der Waals surface area contributed by atoms with Crippen LogP contribution in [0.4, 0.5) is 5.69 Å². The number of imide groups is 1. The second-order valence-corrected chi connectivity index (χ2v) is 5.35. The molecule has 2 aliphatic rings. The van der Waals surface area contributed by atoms with Gasteiger partial charge in [-0.3, -0.25) is 14.5 Å². The number of anilines is 1. The normalized spacial score (nSPS) is 18.6. The van der Waals surface area contributed by atoms with Crippen LogP contribution in [0, 0.1) is 6.92 Å². The summed E-state index contributed by atoms with van der Waals surface area (Å²) >= 11 is 0. The maximum Gasteiger partial charge on any atom is 0.258 e. The molecule has 0 unspecified atom stereocenters. The first-order valence-electron chi connectivity index (χ1n) is 7.06. The fourth-order valence-electron chi connectivity index (χ4n) is 2.87. The monoisotopic (exact) mass is 270 g/mol. The Kier molecular flexibility index (Phi) is 3.30. The average molecular weight is 270 g/mol. The number of rotatable bonds is 3. The Morgan fingerprint density at radius 2 is 1.65 bits per heavy atom. The molecule has 1 aliphatic carbocycles. The van der Waals surface area contributed by atoms with Crippen molar-refractivity contribution in [2.24, 2.45) is 0 Å². The molecule has 4 heteroatoms. The van der Waals surface area contributed by atoms with Crippen LogP contribution in [0.2, 0.25) is 0 Å². The van der Waals surface area contributed by atoms with Crippen LogP contribution < -0.4 is 5.32 Å². The number of benzene rings is 1. The van der Waals surface area contributed by atoms with Crippen LogP contribution in [0.1, 0.15) is 31.2 Å². The van der Waals surface area contributed by atoms with Crippen molar-refractivity contribution in [3.63, 3.8) is 0 Å². The Bertz CT molecular complexity index is 576. The molecule has 0 atom stereocenters. The van der Waals surface area contributed by atoms with Gasteiger partial charge in [0.15, 0.2) is 0 Å². The van der Waals surface area contributed by atoms with Crippen molar-refractivity contribution >= 4 is 17.5 Å². The van der Waals surface area contributed by atoms with Crippen LogP contribution >= 0.6 is 0 Å². The molecule has 0 saturated carbocycles. The molecule has 0 saturated heterocycles. The third-order valence-electron chi connectivity index (χ3n) is 4.05. The fraction of sp³-hybridized carbons (Fsp3) is 0.375. The lowest BCUT2D eigenvalue weighted by molar-refractivity contribution is -0.137. The van der Waals surface area contributed by atoms with Crippen LogP contribution in [0.3, 0.4) is 0 Å². The molecule has 1 aliphatic heterocycles. The van der Waals surface area contributed by atoms with Gasteiger partial charge in [-0.05, 0) is 44.2 Å². The summed E-state index contributed by atoms with van der Waals surface area (Å²) in [5.74, 6) is -0.212. The highest BCUT2D eigenvalue weighted by Crippen LogP contribution is 2.32. The molecule has 2 amide bonds. The lowest BCUT2D eigenvalue weighted by Gasteiger charge is -2.17. The topological polar surface area (TPSA) is 49.4 Å². The van der Waals surface area contributed by atoms with Crippen molar-refractivity contribution in [3.05, 3.63) is 41.0 Å². The maximum atomic E-state index is 12.3. The third-order valence-corrected chi connectivity index (χ3v) is 4.05. The number of hydrogen-bond acceptors (Lipinski definition) is 3. The van der Waals surface area contributed by atoms with Crippen molar-refractivity contribution in [2.45, 2.75) is 32.6 Å². The SMILES string of the molecule is Cc1ccccc1NCN1C(=O)C2=C(CCCC2)C1=O. The fourth-order valence-corrected chi connectivity index (χ4v) is 2.87. The first-order chi connectivity index (χ1) is 9.68. The quantitative estimate of drug-likeness (QED) is 0.859. The van der Waals surface area contributed by atoms with E-state index in [1.165, 1.54) is 4.90 Å². The van der Waals surface area contributed by atoms with E-state index in [4.69, 9.17) is 0 Å². The predicted octanol–water partition coefficient (Wildman–Crippen LogP) is 2.60. The molecule has 0 fully saturated rings. The Morgan fingerprint density at radius 1 is 1.05 bits per heavy atom. The molecule has 3 rings (SSSR count). The standard InChI is InChI=1S/C16H18N2O2/c1-11-6-2-5-9-14(11)17-10-18-15(19)12-7-3-4-8-13(12)16(18)20/h2,5-6,9,17H,3-4,7-8,10H2,1H3. The van der Waals surface area contributed by atoms with Crippen molar-refractivity contribution in [1.29, 1.82) is 0 Å². The predicted molar refractivity (Wildman–Crippen MR) is 77.0 cm³/mol. The van der Waals surface area contributed by atoms with Gasteiger partial charge in [0.1, 0.15) is 0 Å². The summed E-state index contributed by atoms with van der Waals surface area (Å²) in [5.41, 5.74) is 3.54. The first kappa shape index (κ1) is 12.9. The van der Waals surface area contributed by atoms with E-state index in [1.54, 1.807) is 0 Å². The highest BCUT2D eigenvalue weighted by molar-refractivity contribution is 6.19. The van der Waals surface area contributed by atoms with Gasteiger partial charge in [-0.2, -0.15) is 0 Å². The summed E-state index contributed by atoms with van der Waals surface area (Å²) in [5, 5.41) is 3.18. The smallest absolute Gasteiger partial charge is 0.258 e. The van der Waals surface area contributed by atoms with Gasteiger partial charge >= 0.3 is 0 Å². The number of para-hydroxylation sites is 1. The van der Waals surface area contributed by atoms with E-state index in [0.29, 0.717) is 0 Å². The molecule has 4 nitrogen and oxygen atoms in total. The molecule has 0 spiro atoms. The van der Waals surface area contributed by atoms with Gasteiger partial charge in [0.25, 0.3) is 11.8 Å². The van der Waals surface area contributed by atoms with Gasteiger partial charge in [-0.25, -0.2) is 0 Å². The van der Waals surface area contributed by atoms with Crippen molar-refractivity contribution in [3.8, 4) is 0 Å². The van der Waals surface area contributed by atoms with Crippen molar-refractivity contribution in [1.82, 2.24) is 4.90 Å². The maximum absolute atomic E-state index is 12.3. The van der Waals surface area contributed by atoms with Crippen LogP contribution in [-0.4, -0.2) is 23.4 Å². The molecule has 0 bridgehead atoms. The van der Waals surface area contributed by atoms with E-state index < -0.39 is 0 Å². The summed E-state index contributed by atoms with van der Waals surface area (Å²) in [6, 6.07) is 7.85. The molecule has 1 aromatic carbocycles. The minimum Gasteiger partial charge on any atom is -0.367 e. The lowest BCUT2D eigenvalue weighted by atomic mass is 9.93. The zero-order valence-corrected chi connectivity index (χ0v) is 11.6. The summed E-state index contributed by atoms with van der Waals surface area (Å²) in [6.45, 7) is 2.24. The number of aryl methyl sites for hydroxylation is 1. The minimum absolute atomic E-state index is 0.106. The molecular weight excluding hydrogens is 252 g/mol. The number of carbonyl (C=O) groups is 2. The molecule has 1 aromatic rings. The van der Waals surface area contributed by atoms with Gasteiger partial charge in [0.2, 0.25) is 0 Å². The second kappa shape index (κ2) is 5.12. The van der Waals surface area contributed by atoms with Gasteiger partial charge in [-0.1, -0.05) is 18.2 Å². The van der Waals surface area contributed by atoms with Gasteiger partial charge in [0, 0.05) is 16.8 Å². The van der Waals surface area contributed by atoms with E-state index in [0.717, 1.165) is 48.1 Å². The number of hydrogen-bond donors (Lipinski definition) is 1. The highest BCUT2D eigenvalue weighted by atomic mass is 16.2. The highest BCUT2D eigenvalue weighted by Gasteiger charge is 2.38. The second-order valence-electron chi connectivity index (χ2n) is 5.35. The van der Waals surface area contributed by atoms with Gasteiger partial charge in [-0.15, -0.1) is 0 Å². The molecule has 104 valence electrons. The minimum atomic E-state index is -0.106. The van der Waals surface area contributed by atoms with Gasteiger partial charge < -0.3 is 5.32 Å². The van der Waals surface area contributed by atoms with Crippen LogP contribution in [-0.2, 0) is 9.59 Å². The zero-order chi connectivity index (χ0) is 14.1. The average Bonchev–Trinajstić information content (AvgIpc) is 2.71. The summed E-state index contributed by atoms with van der Waals surface area (Å²) in [7, 11) is 0. The van der Waals surface area contributed by atoms with Crippen molar-refractivity contribution < 1.29 is 9.59 Å². The zero-order valence-electron chi connectivity index (χ0n) is 11.6. The number of carbonyl (C=O) groups excluding carboxylic acids is 2. The number of nitrogens with one attached hydrogen (secondary N) is 1. The number of amides is 2. The molecular formula is C16H18N2O2. The van der Waals surface area contributed by atoms with Gasteiger partial charge in [0.05, 0.1) is 6.67 Å². The van der Waals surface area contributed by atoms with Crippen LogP contribution in [0.5, 0.6) is 0 Å². The van der Waals surface area contributed by atoms with E-state index in [2.05, 4.69) is 5.32 Å². The first-order valence-corrected chi connectivity index (χ1v) is 7.06. The lowest BCUT2D eigenvalue weighted by Crippen LogP contribution is -2.36. The Labute approximate surface area is 118 Å². The van der Waals surface area contributed by atoms with Crippen molar-refractivity contribution in [2.75, 3.05) is 12.0 Å². The number of nitrogens with zero attached hydrogens (tertiary/aromatic N) is 1. The largest absolute Gasteiger partial charge is 0.367 e. The Hall–Kier alpha value is -2.10. The van der Waals surface area contributed by atoms with E-state index in [1.807, 2.05) is 31.2 Å². The van der Waals surface area contributed by atoms with Crippen LogP contribution in [0.25, 0.3) is 0 Å². The van der Waals surface area contributed by atoms with E-state index >= 15 is 0 Å². The summed E-state index contributed by atoms with van der Waals surface area (Å²) in [4.78, 5) is 25.9. The summed E-state index contributed by atoms with van der Waals surface area (Å²) < 4.78 is 0. The molecule has 1 N–H and O–H groups in total. The summed E-state index contributed by atoms with van der Waals surface area (Å²) in [6.07, 6.45) is 3.52. The van der Waals surface area contributed by atoms with E-state index in [9.17, 15) is 9.59 Å². The molecule has 20 heavy (non-hydrogen) atoms. The van der Waals surface area contributed by atoms with E-state index in [-0.39, 0.29) is 18.5 Å². The Morgan fingerprint density at radius 3 is 2.25 bits per heavy atom. The Balaban J connectivity index is 1.72. The molecule has 1 heterocycles. The molecule has 0 aromatic heterocycles.